The van der Waals surface area contributed by atoms with Crippen LogP contribution in [0.1, 0.15) is 26.3 Å². The van der Waals surface area contributed by atoms with E-state index in [1.807, 2.05) is 0 Å². The highest BCUT2D eigenvalue weighted by Gasteiger charge is 2.18. The largest absolute Gasteiger partial charge is 0.497 e. The van der Waals surface area contributed by atoms with Gasteiger partial charge in [0.2, 0.25) is 0 Å². The second-order valence-electron chi connectivity index (χ2n) is 4.56. The van der Waals surface area contributed by atoms with Crippen molar-refractivity contribution in [2.24, 2.45) is 0 Å². The van der Waals surface area contributed by atoms with Crippen molar-refractivity contribution in [3.05, 3.63) is 65.0 Å². The molecule has 2 aromatic carbocycles. The summed E-state index contributed by atoms with van der Waals surface area (Å²) in [6, 6.07) is 9.73. The number of aldehydes is 1. The van der Waals surface area contributed by atoms with Gasteiger partial charge in [-0.2, -0.15) is 0 Å². The van der Waals surface area contributed by atoms with Crippen LogP contribution in [0.4, 0.5) is 4.39 Å². The molecule has 6 heteroatoms. The lowest BCUT2D eigenvalue weighted by molar-refractivity contribution is -0.0648. The normalized spacial score (nSPS) is 10.1. The number of amides is 1. The summed E-state index contributed by atoms with van der Waals surface area (Å²) < 4.78 is 17.8. The molecule has 0 aliphatic carbocycles. The molecule has 1 amide bonds. The SMILES string of the molecule is COc1ccc(C=O)c(C(=O)N(O)Cc2ccc(F)cc2)c1. The van der Waals surface area contributed by atoms with Crippen LogP contribution >= 0.6 is 0 Å². The first-order chi connectivity index (χ1) is 10.5. The van der Waals surface area contributed by atoms with E-state index in [1.54, 1.807) is 6.07 Å². The van der Waals surface area contributed by atoms with Crippen molar-refractivity contribution in [1.29, 1.82) is 0 Å². The highest BCUT2D eigenvalue weighted by Crippen LogP contribution is 2.19. The van der Waals surface area contributed by atoms with Crippen LogP contribution in [-0.4, -0.2) is 29.6 Å². The van der Waals surface area contributed by atoms with Crippen LogP contribution in [0.3, 0.4) is 0 Å². The van der Waals surface area contributed by atoms with Crippen LogP contribution in [0.15, 0.2) is 42.5 Å². The van der Waals surface area contributed by atoms with Gasteiger partial charge in [-0.25, -0.2) is 9.45 Å². The molecule has 0 saturated heterocycles. The van der Waals surface area contributed by atoms with E-state index in [-0.39, 0.29) is 17.7 Å². The van der Waals surface area contributed by atoms with Crippen LogP contribution in [-0.2, 0) is 6.54 Å². The van der Waals surface area contributed by atoms with E-state index in [4.69, 9.17) is 4.74 Å². The third-order valence-electron chi connectivity index (χ3n) is 3.10. The fourth-order valence-corrected chi connectivity index (χ4v) is 1.92. The van der Waals surface area contributed by atoms with E-state index in [0.717, 1.165) is 0 Å². The van der Waals surface area contributed by atoms with E-state index in [2.05, 4.69) is 0 Å². The van der Waals surface area contributed by atoms with Crippen LogP contribution in [0.5, 0.6) is 5.75 Å². The highest BCUT2D eigenvalue weighted by atomic mass is 19.1. The zero-order chi connectivity index (χ0) is 16.1. The summed E-state index contributed by atoms with van der Waals surface area (Å²) in [7, 11) is 1.43. The van der Waals surface area contributed by atoms with Gasteiger partial charge in [-0.15, -0.1) is 0 Å². The van der Waals surface area contributed by atoms with Crippen LogP contribution < -0.4 is 4.74 Å². The van der Waals surface area contributed by atoms with Gasteiger partial charge in [0.05, 0.1) is 19.2 Å². The minimum absolute atomic E-state index is 0.0268. The fourth-order valence-electron chi connectivity index (χ4n) is 1.92. The zero-order valence-corrected chi connectivity index (χ0v) is 11.8. The average Bonchev–Trinajstić information content (AvgIpc) is 2.55. The third kappa shape index (κ3) is 3.48. The van der Waals surface area contributed by atoms with Crippen LogP contribution in [0, 0.1) is 5.82 Å². The summed E-state index contributed by atoms with van der Waals surface area (Å²) in [6.45, 7) is -0.130. The number of rotatable bonds is 5. The van der Waals surface area contributed by atoms with Gasteiger partial charge in [0.25, 0.3) is 5.91 Å². The Kier molecular flexibility index (Phi) is 4.85. The van der Waals surface area contributed by atoms with Gasteiger partial charge in [-0.05, 0) is 35.9 Å². The van der Waals surface area contributed by atoms with Gasteiger partial charge in [0, 0.05) is 5.56 Å². The second kappa shape index (κ2) is 6.82. The Balaban J connectivity index is 2.22. The first-order valence-corrected chi connectivity index (χ1v) is 6.43. The van der Waals surface area contributed by atoms with E-state index in [0.29, 0.717) is 22.7 Å². The predicted molar refractivity (Wildman–Crippen MR) is 76.4 cm³/mol. The molecule has 0 radical (unpaired) electrons. The lowest BCUT2D eigenvalue weighted by atomic mass is 10.1. The Morgan fingerprint density at radius 2 is 1.95 bits per heavy atom. The molecule has 0 saturated carbocycles. The summed E-state index contributed by atoms with van der Waals surface area (Å²) in [4.78, 5) is 23.3. The first kappa shape index (κ1) is 15.7. The van der Waals surface area contributed by atoms with Gasteiger partial charge in [-0.3, -0.25) is 14.8 Å². The van der Waals surface area contributed by atoms with Crippen molar-refractivity contribution >= 4 is 12.2 Å². The molecule has 0 bridgehead atoms. The molecule has 0 atom stereocenters. The molecule has 0 heterocycles. The van der Waals surface area contributed by atoms with Crippen molar-refractivity contribution < 1.29 is 23.9 Å². The number of carbonyl (C=O) groups is 2. The Hall–Kier alpha value is -2.73. The Morgan fingerprint density at radius 3 is 2.55 bits per heavy atom. The Bertz CT molecular complexity index is 685. The van der Waals surface area contributed by atoms with Crippen LogP contribution in [0.2, 0.25) is 0 Å². The summed E-state index contributed by atoms with van der Waals surface area (Å²) in [6.07, 6.45) is 0.526. The van der Waals surface area contributed by atoms with Gasteiger partial charge in [-0.1, -0.05) is 12.1 Å². The molecule has 0 aliphatic heterocycles. The summed E-state index contributed by atoms with van der Waals surface area (Å²) in [5.41, 5.74) is 0.718. The number of hydrogen-bond acceptors (Lipinski definition) is 4. The molecular weight excluding hydrogens is 289 g/mol. The summed E-state index contributed by atoms with van der Waals surface area (Å²) in [5, 5.41) is 10.4. The Labute approximate surface area is 126 Å². The molecular formula is C16H14FNO4. The number of methoxy groups -OCH3 is 1. The minimum Gasteiger partial charge on any atom is -0.497 e. The van der Waals surface area contributed by atoms with Crippen molar-refractivity contribution in [3.63, 3.8) is 0 Å². The zero-order valence-electron chi connectivity index (χ0n) is 11.8. The molecule has 5 nitrogen and oxygen atoms in total. The van der Waals surface area contributed by atoms with Crippen LogP contribution in [0.25, 0.3) is 0 Å². The van der Waals surface area contributed by atoms with Gasteiger partial charge in [0.15, 0.2) is 6.29 Å². The molecule has 114 valence electrons. The third-order valence-corrected chi connectivity index (χ3v) is 3.10. The molecule has 0 aromatic heterocycles. The number of hydroxylamine groups is 2. The highest BCUT2D eigenvalue weighted by molar-refractivity contribution is 6.01. The topological polar surface area (TPSA) is 66.8 Å². The molecule has 0 fully saturated rings. The number of nitrogens with zero attached hydrogens (tertiary/aromatic N) is 1. The minimum atomic E-state index is -0.745. The van der Waals surface area contributed by atoms with Crippen molar-refractivity contribution in [2.45, 2.75) is 6.54 Å². The van der Waals surface area contributed by atoms with Gasteiger partial charge < -0.3 is 4.74 Å². The monoisotopic (exact) mass is 303 g/mol. The number of carbonyl (C=O) groups excluding carboxylic acids is 2. The maximum Gasteiger partial charge on any atom is 0.278 e. The first-order valence-electron chi connectivity index (χ1n) is 6.43. The fraction of sp³-hybridized carbons (Fsp3) is 0.125. The van der Waals surface area contributed by atoms with E-state index in [9.17, 15) is 19.2 Å². The van der Waals surface area contributed by atoms with Gasteiger partial charge in [0.1, 0.15) is 11.6 Å². The summed E-state index contributed by atoms with van der Waals surface area (Å²) >= 11 is 0. The predicted octanol–water partition coefficient (Wildman–Crippen LogP) is 2.68. The number of ether oxygens (including phenoxy) is 1. The number of halogens is 1. The van der Waals surface area contributed by atoms with Crippen molar-refractivity contribution in [1.82, 2.24) is 5.06 Å². The lowest BCUT2D eigenvalue weighted by Gasteiger charge is -2.16. The van der Waals surface area contributed by atoms with Crippen molar-refractivity contribution in [3.8, 4) is 5.75 Å². The molecule has 0 spiro atoms. The van der Waals surface area contributed by atoms with E-state index >= 15 is 0 Å². The number of benzene rings is 2. The Morgan fingerprint density at radius 1 is 1.27 bits per heavy atom. The van der Waals surface area contributed by atoms with Gasteiger partial charge >= 0.3 is 0 Å². The maximum absolute atomic E-state index is 12.8. The molecule has 1 N–H and O–H groups in total. The molecule has 2 aromatic rings. The molecule has 22 heavy (non-hydrogen) atoms. The quantitative estimate of drug-likeness (QED) is 0.524. The molecule has 2 rings (SSSR count). The number of hydrogen-bond donors (Lipinski definition) is 1. The maximum atomic E-state index is 12.8. The average molecular weight is 303 g/mol. The van der Waals surface area contributed by atoms with E-state index in [1.165, 1.54) is 43.5 Å². The molecule has 0 unspecified atom stereocenters. The lowest BCUT2D eigenvalue weighted by Crippen LogP contribution is -2.27. The second-order valence-corrected chi connectivity index (χ2v) is 4.56. The smallest absolute Gasteiger partial charge is 0.278 e. The molecule has 0 aliphatic rings. The van der Waals surface area contributed by atoms with Crippen molar-refractivity contribution in [2.75, 3.05) is 7.11 Å². The van der Waals surface area contributed by atoms with E-state index < -0.39 is 11.7 Å². The summed E-state index contributed by atoms with van der Waals surface area (Å²) in [5.74, 6) is -0.759. The standard InChI is InChI=1S/C16H14FNO4/c1-22-14-7-4-12(10-19)15(8-14)16(20)18(21)9-11-2-5-13(17)6-3-11/h2-8,10,21H,9H2,1H3.